The second-order valence-electron chi connectivity index (χ2n) is 8.35. The fraction of sp³-hybridized carbons (Fsp3) is 0.409. The Morgan fingerprint density at radius 1 is 1.09 bits per heavy atom. The minimum absolute atomic E-state index is 0.0551. The molecule has 1 aromatic carbocycles. The minimum Gasteiger partial charge on any atom is -0.345 e. The van der Waals surface area contributed by atoms with Crippen molar-refractivity contribution in [3.8, 4) is 0 Å². The molecule has 0 aliphatic rings. The number of carbonyl (C=O) groups is 1. The Labute approximate surface area is 185 Å². The SMILES string of the molecule is Cc1c(C(C)NC(=O)c2cccc3ccc(C(C)(C)C(F)(F)F)nc23)cnn1CC(F)(F)F. The molecule has 1 amide bonds. The first-order valence-electron chi connectivity index (χ1n) is 9.98. The smallest absolute Gasteiger partial charge is 0.345 e. The Morgan fingerprint density at radius 2 is 1.76 bits per heavy atom. The average Bonchev–Trinajstić information content (AvgIpc) is 3.04. The number of rotatable bonds is 5. The van der Waals surface area contributed by atoms with Gasteiger partial charge in [0.05, 0.1) is 29.0 Å². The number of carbonyl (C=O) groups excluding carboxylic acids is 1. The van der Waals surface area contributed by atoms with Crippen molar-refractivity contribution in [2.45, 2.75) is 58.0 Å². The van der Waals surface area contributed by atoms with Gasteiger partial charge in [-0.05, 0) is 39.8 Å². The highest BCUT2D eigenvalue weighted by Gasteiger charge is 2.49. The van der Waals surface area contributed by atoms with Crippen LogP contribution in [0.15, 0.2) is 36.5 Å². The summed E-state index contributed by atoms with van der Waals surface area (Å²) in [4.78, 5) is 17.1. The van der Waals surface area contributed by atoms with Gasteiger partial charge in [-0.15, -0.1) is 0 Å². The van der Waals surface area contributed by atoms with Gasteiger partial charge in [0.25, 0.3) is 5.91 Å². The molecule has 5 nitrogen and oxygen atoms in total. The summed E-state index contributed by atoms with van der Waals surface area (Å²) in [6, 6.07) is 6.67. The van der Waals surface area contributed by atoms with Crippen molar-refractivity contribution < 1.29 is 31.1 Å². The first-order valence-corrected chi connectivity index (χ1v) is 9.98. The molecule has 33 heavy (non-hydrogen) atoms. The van der Waals surface area contributed by atoms with Crippen LogP contribution in [0.25, 0.3) is 10.9 Å². The standard InChI is InChI=1S/C22H22F6N4O/c1-12(16-10-29-32(13(16)2)11-21(23,24)25)30-19(33)15-7-5-6-14-8-9-17(31-18(14)15)20(3,4)22(26,27)28/h5-10,12H,11H2,1-4H3,(H,30,33). The zero-order valence-corrected chi connectivity index (χ0v) is 18.3. The summed E-state index contributed by atoms with van der Waals surface area (Å²) < 4.78 is 79.3. The van der Waals surface area contributed by atoms with E-state index in [4.69, 9.17) is 0 Å². The number of nitrogens with one attached hydrogen (secondary N) is 1. The molecule has 2 aromatic heterocycles. The highest BCUT2D eigenvalue weighted by Crippen LogP contribution is 2.40. The van der Waals surface area contributed by atoms with Crippen molar-refractivity contribution in [2.24, 2.45) is 0 Å². The molecule has 11 heteroatoms. The summed E-state index contributed by atoms with van der Waals surface area (Å²) in [5.41, 5.74) is -1.69. The molecule has 0 radical (unpaired) electrons. The molecule has 0 aliphatic heterocycles. The number of hydrogen-bond donors (Lipinski definition) is 1. The van der Waals surface area contributed by atoms with E-state index >= 15 is 0 Å². The third-order valence-corrected chi connectivity index (χ3v) is 5.60. The maximum Gasteiger partial charge on any atom is 0.408 e. The third kappa shape index (κ3) is 4.96. The molecule has 0 spiro atoms. The van der Waals surface area contributed by atoms with Crippen molar-refractivity contribution in [1.29, 1.82) is 0 Å². The molecule has 0 aliphatic carbocycles. The molecule has 0 saturated carbocycles. The molecule has 3 aromatic rings. The fourth-order valence-corrected chi connectivity index (χ4v) is 3.39. The Morgan fingerprint density at radius 3 is 2.36 bits per heavy atom. The Bertz CT molecular complexity index is 1180. The summed E-state index contributed by atoms with van der Waals surface area (Å²) >= 11 is 0. The van der Waals surface area contributed by atoms with E-state index in [0.717, 1.165) is 18.5 Å². The highest BCUT2D eigenvalue weighted by atomic mass is 19.4. The molecular weight excluding hydrogens is 450 g/mol. The predicted octanol–water partition coefficient (Wildman–Crippen LogP) is 5.63. The maximum absolute atomic E-state index is 13.5. The van der Waals surface area contributed by atoms with E-state index in [0.29, 0.717) is 10.9 Å². The number of fused-ring (bicyclic) bond motifs is 1. The second-order valence-corrected chi connectivity index (χ2v) is 8.35. The first-order chi connectivity index (χ1) is 15.1. The van der Waals surface area contributed by atoms with E-state index in [2.05, 4.69) is 15.4 Å². The highest BCUT2D eigenvalue weighted by molar-refractivity contribution is 6.05. The summed E-state index contributed by atoms with van der Waals surface area (Å²) in [6.45, 7) is 3.80. The van der Waals surface area contributed by atoms with Crippen LogP contribution >= 0.6 is 0 Å². The van der Waals surface area contributed by atoms with Gasteiger partial charge in [0.15, 0.2) is 0 Å². The van der Waals surface area contributed by atoms with Crippen molar-refractivity contribution in [3.05, 3.63) is 59.0 Å². The molecule has 1 unspecified atom stereocenters. The van der Waals surface area contributed by atoms with Gasteiger partial charge in [-0.2, -0.15) is 31.4 Å². The topological polar surface area (TPSA) is 59.8 Å². The lowest BCUT2D eigenvalue weighted by atomic mass is 9.87. The normalized spacial score (nSPS) is 13.9. The van der Waals surface area contributed by atoms with Gasteiger partial charge < -0.3 is 5.32 Å². The van der Waals surface area contributed by atoms with Crippen LogP contribution in [-0.4, -0.2) is 33.0 Å². The lowest BCUT2D eigenvalue weighted by molar-refractivity contribution is -0.181. The second kappa shape index (κ2) is 8.35. The van der Waals surface area contributed by atoms with E-state index in [1.165, 1.54) is 31.3 Å². The lowest BCUT2D eigenvalue weighted by Crippen LogP contribution is -2.37. The van der Waals surface area contributed by atoms with Crippen LogP contribution in [-0.2, 0) is 12.0 Å². The van der Waals surface area contributed by atoms with Gasteiger partial charge >= 0.3 is 12.4 Å². The van der Waals surface area contributed by atoms with Crippen molar-refractivity contribution >= 4 is 16.8 Å². The monoisotopic (exact) mass is 472 g/mol. The number of aromatic nitrogens is 3. The van der Waals surface area contributed by atoms with Gasteiger partial charge in [-0.1, -0.05) is 18.2 Å². The largest absolute Gasteiger partial charge is 0.408 e. The molecule has 0 fully saturated rings. The third-order valence-electron chi connectivity index (χ3n) is 5.60. The van der Waals surface area contributed by atoms with Crippen molar-refractivity contribution in [1.82, 2.24) is 20.1 Å². The fourth-order valence-electron chi connectivity index (χ4n) is 3.39. The lowest BCUT2D eigenvalue weighted by Gasteiger charge is -2.27. The van der Waals surface area contributed by atoms with Crippen LogP contribution < -0.4 is 5.32 Å². The predicted molar refractivity (Wildman–Crippen MR) is 110 cm³/mol. The minimum atomic E-state index is -4.55. The number of pyridine rings is 1. The van der Waals surface area contributed by atoms with Gasteiger partial charge in [0, 0.05) is 16.6 Å². The number of para-hydroxylation sites is 1. The summed E-state index contributed by atoms with van der Waals surface area (Å²) in [7, 11) is 0. The van der Waals surface area contributed by atoms with Crippen molar-refractivity contribution in [2.75, 3.05) is 0 Å². The molecule has 0 bridgehead atoms. The van der Waals surface area contributed by atoms with Crippen LogP contribution in [0.1, 0.15) is 54.1 Å². The van der Waals surface area contributed by atoms with Crippen LogP contribution in [0.5, 0.6) is 0 Å². The molecule has 2 heterocycles. The first kappa shape index (κ1) is 24.5. The summed E-state index contributed by atoms with van der Waals surface area (Å²) in [5.74, 6) is -0.620. The average molecular weight is 472 g/mol. The molecule has 178 valence electrons. The number of halogens is 6. The number of benzene rings is 1. The van der Waals surface area contributed by atoms with E-state index in [9.17, 15) is 31.1 Å². The molecule has 1 atom stereocenters. The summed E-state index contributed by atoms with van der Waals surface area (Å²) in [6.07, 6.45) is -7.75. The van der Waals surface area contributed by atoms with Gasteiger partial charge in [0.1, 0.15) is 12.0 Å². The van der Waals surface area contributed by atoms with Crippen LogP contribution in [0.2, 0.25) is 0 Å². The number of amides is 1. The zero-order chi connectivity index (χ0) is 24.8. The van der Waals surface area contributed by atoms with Gasteiger partial charge in [-0.3, -0.25) is 14.5 Å². The molecule has 3 rings (SSSR count). The zero-order valence-electron chi connectivity index (χ0n) is 18.3. The number of hydrogen-bond acceptors (Lipinski definition) is 3. The van der Waals surface area contributed by atoms with Gasteiger partial charge in [0.2, 0.25) is 0 Å². The van der Waals surface area contributed by atoms with Crippen molar-refractivity contribution in [3.63, 3.8) is 0 Å². The molecule has 1 N–H and O–H groups in total. The van der Waals surface area contributed by atoms with E-state index in [1.54, 1.807) is 19.1 Å². The van der Waals surface area contributed by atoms with E-state index in [1.807, 2.05) is 0 Å². The summed E-state index contributed by atoms with van der Waals surface area (Å²) in [5, 5.41) is 6.89. The van der Waals surface area contributed by atoms with E-state index < -0.39 is 36.3 Å². The number of alkyl halides is 6. The van der Waals surface area contributed by atoms with Crippen LogP contribution in [0.4, 0.5) is 26.3 Å². The van der Waals surface area contributed by atoms with Crippen LogP contribution in [0, 0.1) is 6.92 Å². The number of nitrogens with zero attached hydrogens (tertiary/aromatic N) is 3. The van der Waals surface area contributed by atoms with Gasteiger partial charge in [-0.25, -0.2) is 0 Å². The Kier molecular flexibility index (Phi) is 6.20. The Hall–Kier alpha value is -3.11. The quantitative estimate of drug-likeness (QED) is 0.490. The Balaban J connectivity index is 1.92. The maximum atomic E-state index is 13.5. The van der Waals surface area contributed by atoms with E-state index in [-0.39, 0.29) is 22.5 Å². The molecular formula is C22H22F6N4O. The molecule has 0 saturated heterocycles. The van der Waals surface area contributed by atoms with Crippen LogP contribution in [0.3, 0.4) is 0 Å².